The highest BCUT2D eigenvalue weighted by molar-refractivity contribution is 5.80. The molecule has 0 radical (unpaired) electrons. The van der Waals surface area contributed by atoms with Gasteiger partial charge >= 0.3 is 5.97 Å². The number of carbonyl (C=O) groups is 1. The SMILES string of the molecule is CCCCOC(C)CC(C)(NC)C(=O)OC. The van der Waals surface area contributed by atoms with Gasteiger partial charge in [-0.1, -0.05) is 13.3 Å². The molecule has 0 aromatic carbocycles. The zero-order valence-electron chi connectivity index (χ0n) is 11.1. The highest BCUT2D eigenvalue weighted by Gasteiger charge is 2.34. The first kappa shape index (κ1) is 15.4. The van der Waals surface area contributed by atoms with E-state index in [1.54, 1.807) is 7.05 Å². The van der Waals surface area contributed by atoms with Crippen molar-refractivity contribution in [1.82, 2.24) is 5.32 Å². The first-order valence-corrected chi connectivity index (χ1v) is 5.89. The molecule has 0 rings (SSSR count). The number of esters is 1. The van der Waals surface area contributed by atoms with Crippen LogP contribution in [-0.2, 0) is 14.3 Å². The molecule has 0 spiro atoms. The lowest BCUT2D eigenvalue weighted by molar-refractivity contribution is -0.149. The number of hydrogen-bond acceptors (Lipinski definition) is 4. The van der Waals surface area contributed by atoms with Gasteiger partial charge in [-0.25, -0.2) is 0 Å². The zero-order valence-corrected chi connectivity index (χ0v) is 11.1. The van der Waals surface area contributed by atoms with E-state index in [9.17, 15) is 4.79 Å². The molecule has 0 aromatic rings. The fourth-order valence-corrected chi connectivity index (χ4v) is 1.58. The summed E-state index contributed by atoms with van der Waals surface area (Å²) in [6.07, 6.45) is 2.83. The molecular weight excluding hydrogens is 206 g/mol. The van der Waals surface area contributed by atoms with Crippen molar-refractivity contribution >= 4 is 5.97 Å². The Labute approximate surface area is 98.7 Å². The first-order chi connectivity index (χ1) is 7.50. The largest absolute Gasteiger partial charge is 0.468 e. The van der Waals surface area contributed by atoms with Crippen LogP contribution in [0, 0.1) is 0 Å². The summed E-state index contributed by atoms with van der Waals surface area (Å²) in [5.41, 5.74) is -0.666. The number of methoxy groups -OCH3 is 1. The van der Waals surface area contributed by atoms with Crippen molar-refractivity contribution in [3.63, 3.8) is 0 Å². The molecule has 4 heteroatoms. The smallest absolute Gasteiger partial charge is 0.325 e. The number of unbranched alkanes of at least 4 members (excludes halogenated alkanes) is 1. The van der Waals surface area contributed by atoms with Gasteiger partial charge in [0.2, 0.25) is 0 Å². The number of rotatable bonds is 8. The van der Waals surface area contributed by atoms with Gasteiger partial charge in [0.1, 0.15) is 5.54 Å². The molecule has 4 nitrogen and oxygen atoms in total. The highest BCUT2D eigenvalue weighted by atomic mass is 16.5. The summed E-state index contributed by atoms with van der Waals surface area (Å²) in [5.74, 6) is -0.249. The van der Waals surface area contributed by atoms with Gasteiger partial charge in [-0.05, 0) is 27.3 Å². The van der Waals surface area contributed by atoms with Crippen molar-refractivity contribution in [1.29, 1.82) is 0 Å². The molecule has 0 aliphatic carbocycles. The standard InChI is InChI=1S/C12H25NO3/c1-6-7-8-16-10(2)9-12(3,13-4)11(14)15-5/h10,13H,6-9H2,1-5H3. The Balaban J connectivity index is 4.14. The summed E-state index contributed by atoms with van der Waals surface area (Å²) in [4.78, 5) is 11.6. The second-order valence-electron chi connectivity index (χ2n) is 4.31. The van der Waals surface area contributed by atoms with Gasteiger partial charge in [0.15, 0.2) is 0 Å². The van der Waals surface area contributed by atoms with Gasteiger partial charge < -0.3 is 14.8 Å². The maximum absolute atomic E-state index is 11.6. The third-order valence-corrected chi connectivity index (χ3v) is 2.78. The molecule has 1 N–H and O–H groups in total. The quantitative estimate of drug-likeness (QED) is 0.510. The molecule has 0 saturated heterocycles. The predicted octanol–water partition coefficient (Wildman–Crippen LogP) is 1.73. The number of likely N-dealkylation sites (N-methyl/N-ethyl adjacent to an activating group) is 1. The average molecular weight is 231 g/mol. The van der Waals surface area contributed by atoms with Crippen LogP contribution in [-0.4, -0.2) is 38.4 Å². The van der Waals surface area contributed by atoms with E-state index in [4.69, 9.17) is 9.47 Å². The number of nitrogens with one attached hydrogen (secondary N) is 1. The molecule has 0 bridgehead atoms. The van der Waals surface area contributed by atoms with Crippen LogP contribution in [0.4, 0.5) is 0 Å². The van der Waals surface area contributed by atoms with E-state index < -0.39 is 5.54 Å². The van der Waals surface area contributed by atoms with E-state index in [-0.39, 0.29) is 12.1 Å². The van der Waals surface area contributed by atoms with Crippen LogP contribution in [0.25, 0.3) is 0 Å². The molecule has 2 atom stereocenters. The van der Waals surface area contributed by atoms with Crippen molar-refractivity contribution in [3.8, 4) is 0 Å². The summed E-state index contributed by atoms with van der Waals surface area (Å²) in [6.45, 7) is 6.69. The van der Waals surface area contributed by atoms with Crippen LogP contribution in [0.1, 0.15) is 40.0 Å². The lowest BCUT2D eigenvalue weighted by Crippen LogP contribution is -2.50. The minimum Gasteiger partial charge on any atom is -0.468 e. The summed E-state index contributed by atoms with van der Waals surface area (Å²) in [6, 6.07) is 0. The van der Waals surface area contributed by atoms with Gasteiger partial charge in [-0.3, -0.25) is 4.79 Å². The summed E-state index contributed by atoms with van der Waals surface area (Å²) >= 11 is 0. The van der Waals surface area contributed by atoms with Crippen molar-refractivity contribution in [2.75, 3.05) is 20.8 Å². The molecule has 16 heavy (non-hydrogen) atoms. The Kier molecular flexibility index (Phi) is 7.34. The van der Waals surface area contributed by atoms with E-state index in [0.717, 1.165) is 19.4 Å². The molecule has 0 aromatic heterocycles. The van der Waals surface area contributed by atoms with E-state index in [2.05, 4.69) is 12.2 Å². The van der Waals surface area contributed by atoms with Gasteiger partial charge in [-0.15, -0.1) is 0 Å². The third-order valence-electron chi connectivity index (χ3n) is 2.78. The molecule has 0 aliphatic heterocycles. The fourth-order valence-electron chi connectivity index (χ4n) is 1.58. The van der Waals surface area contributed by atoms with Crippen LogP contribution in [0.5, 0.6) is 0 Å². The maximum Gasteiger partial charge on any atom is 0.325 e. The molecule has 96 valence electrons. The molecule has 0 saturated carbocycles. The fraction of sp³-hybridized carbons (Fsp3) is 0.917. The maximum atomic E-state index is 11.6. The number of ether oxygens (including phenoxy) is 2. The van der Waals surface area contributed by atoms with Crippen LogP contribution in [0.15, 0.2) is 0 Å². The van der Waals surface area contributed by atoms with Crippen molar-refractivity contribution in [2.24, 2.45) is 0 Å². The van der Waals surface area contributed by atoms with Crippen LogP contribution in [0.3, 0.4) is 0 Å². The van der Waals surface area contributed by atoms with Crippen molar-refractivity contribution in [3.05, 3.63) is 0 Å². The average Bonchev–Trinajstić information content (AvgIpc) is 2.28. The first-order valence-electron chi connectivity index (χ1n) is 5.89. The van der Waals surface area contributed by atoms with Crippen molar-refractivity contribution in [2.45, 2.75) is 51.7 Å². The number of carbonyl (C=O) groups excluding carboxylic acids is 1. The Bertz CT molecular complexity index is 208. The summed E-state index contributed by atoms with van der Waals surface area (Å²) in [7, 11) is 3.16. The lowest BCUT2D eigenvalue weighted by Gasteiger charge is -2.29. The van der Waals surface area contributed by atoms with Gasteiger partial charge in [-0.2, -0.15) is 0 Å². The molecular formula is C12H25NO3. The Morgan fingerprint density at radius 1 is 1.50 bits per heavy atom. The molecule has 2 unspecified atom stereocenters. The molecule has 0 heterocycles. The Morgan fingerprint density at radius 2 is 2.12 bits per heavy atom. The predicted molar refractivity (Wildman–Crippen MR) is 64.4 cm³/mol. The number of hydrogen-bond donors (Lipinski definition) is 1. The van der Waals surface area contributed by atoms with Gasteiger partial charge in [0, 0.05) is 13.0 Å². The monoisotopic (exact) mass is 231 g/mol. The van der Waals surface area contributed by atoms with E-state index >= 15 is 0 Å². The van der Waals surface area contributed by atoms with Crippen molar-refractivity contribution < 1.29 is 14.3 Å². The van der Waals surface area contributed by atoms with Gasteiger partial charge in [0.25, 0.3) is 0 Å². The van der Waals surface area contributed by atoms with E-state index in [0.29, 0.717) is 6.42 Å². The van der Waals surface area contributed by atoms with E-state index in [1.807, 2.05) is 13.8 Å². The normalized spacial score (nSPS) is 16.6. The van der Waals surface area contributed by atoms with Crippen LogP contribution >= 0.6 is 0 Å². The molecule has 0 aliphatic rings. The lowest BCUT2D eigenvalue weighted by atomic mass is 9.95. The molecule has 0 amide bonds. The summed E-state index contributed by atoms with van der Waals surface area (Å²) in [5, 5.41) is 3.00. The topological polar surface area (TPSA) is 47.6 Å². The second kappa shape index (κ2) is 7.63. The minimum absolute atomic E-state index is 0.0445. The van der Waals surface area contributed by atoms with Crippen LogP contribution < -0.4 is 5.32 Å². The third kappa shape index (κ3) is 4.94. The Hall–Kier alpha value is -0.610. The zero-order chi connectivity index (χ0) is 12.6. The minimum atomic E-state index is -0.666. The highest BCUT2D eigenvalue weighted by Crippen LogP contribution is 2.16. The Morgan fingerprint density at radius 3 is 2.56 bits per heavy atom. The van der Waals surface area contributed by atoms with Crippen LogP contribution in [0.2, 0.25) is 0 Å². The van der Waals surface area contributed by atoms with Gasteiger partial charge in [0.05, 0.1) is 13.2 Å². The van der Waals surface area contributed by atoms with E-state index in [1.165, 1.54) is 7.11 Å². The molecule has 0 fully saturated rings. The second-order valence-corrected chi connectivity index (χ2v) is 4.31. The summed E-state index contributed by atoms with van der Waals surface area (Å²) < 4.78 is 10.4.